The quantitative estimate of drug-likeness (QED) is 0.243. The largest absolute Gasteiger partial charge is 0.349 e. The third kappa shape index (κ3) is 4.56. The Morgan fingerprint density at radius 2 is 1.51 bits per heavy atom. The highest BCUT2D eigenvalue weighted by atomic mass is 35.5. The molecule has 3 aromatic carbocycles. The molecule has 0 amide bonds. The third-order valence-corrected chi connectivity index (χ3v) is 8.62. The number of hydrogen-bond acceptors (Lipinski definition) is 5. The van der Waals surface area contributed by atoms with Gasteiger partial charge >= 0.3 is 0 Å². The highest BCUT2D eigenvalue weighted by molar-refractivity contribution is 6.32. The summed E-state index contributed by atoms with van der Waals surface area (Å²) < 4.78 is 1.91. The number of nitrogens with zero attached hydrogens (tertiary/aromatic N) is 5. The van der Waals surface area contributed by atoms with E-state index in [1.807, 2.05) is 53.2 Å². The fraction of sp³-hybridized carbons (Fsp3) is 0.258. The van der Waals surface area contributed by atoms with Crippen molar-refractivity contribution >= 4 is 40.1 Å². The number of piperidine rings is 1. The van der Waals surface area contributed by atoms with Crippen molar-refractivity contribution in [1.82, 2.24) is 25.1 Å². The Balaban J connectivity index is 1.27. The van der Waals surface area contributed by atoms with Crippen molar-refractivity contribution < 1.29 is 0 Å². The van der Waals surface area contributed by atoms with Gasteiger partial charge in [-0.15, -0.1) is 0 Å². The predicted octanol–water partition coefficient (Wildman–Crippen LogP) is 7.08. The molecule has 0 aliphatic carbocycles. The summed E-state index contributed by atoms with van der Waals surface area (Å²) >= 11 is 12.9. The smallest absolute Gasteiger partial charge is 0.161 e. The standard InChI is InChI=1S/C31H28Cl2N6/c32-22-12-10-21(11-13-22)30-28-29(37-39(30)27-9-5-4-8-26(27)33)31(36-19-35-28)38-24-14-15-25(38)17-23(16-24)34-18-20-6-2-1-3-7-20/h1-13,19,23-25,34H,14-18H2. The maximum Gasteiger partial charge on any atom is 0.161 e. The summed E-state index contributed by atoms with van der Waals surface area (Å²) in [7, 11) is 0. The minimum absolute atomic E-state index is 0.416. The molecule has 0 spiro atoms. The van der Waals surface area contributed by atoms with Gasteiger partial charge in [-0.2, -0.15) is 5.10 Å². The van der Waals surface area contributed by atoms with Crippen LogP contribution in [0.2, 0.25) is 10.0 Å². The number of para-hydroxylation sites is 1. The molecule has 39 heavy (non-hydrogen) atoms. The fourth-order valence-corrected chi connectivity index (χ4v) is 6.63. The fourth-order valence-electron chi connectivity index (χ4n) is 6.29. The Morgan fingerprint density at radius 3 is 2.26 bits per heavy atom. The summed E-state index contributed by atoms with van der Waals surface area (Å²) in [6, 6.07) is 27.5. The van der Waals surface area contributed by atoms with E-state index in [1.54, 1.807) is 6.33 Å². The van der Waals surface area contributed by atoms with Gasteiger partial charge in [0.25, 0.3) is 0 Å². The second-order valence-electron chi connectivity index (χ2n) is 10.4. The van der Waals surface area contributed by atoms with Gasteiger partial charge in [0.05, 0.1) is 10.7 Å². The Labute approximate surface area is 237 Å². The van der Waals surface area contributed by atoms with Gasteiger partial charge in [0, 0.05) is 35.3 Å². The van der Waals surface area contributed by atoms with E-state index in [9.17, 15) is 0 Å². The maximum atomic E-state index is 6.67. The summed E-state index contributed by atoms with van der Waals surface area (Å²) in [6.45, 7) is 0.898. The molecule has 2 unspecified atom stereocenters. The molecule has 196 valence electrons. The number of rotatable bonds is 6. The number of aromatic nitrogens is 4. The molecular weight excluding hydrogens is 527 g/mol. The van der Waals surface area contributed by atoms with Crippen molar-refractivity contribution in [2.24, 2.45) is 0 Å². The lowest BCUT2D eigenvalue weighted by molar-refractivity contribution is 0.353. The number of nitrogens with one attached hydrogen (secondary N) is 1. The second-order valence-corrected chi connectivity index (χ2v) is 11.3. The van der Waals surface area contributed by atoms with E-state index in [-0.39, 0.29) is 0 Å². The van der Waals surface area contributed by atoms with Crippen molar-refractivity contribution in [2.45, 2.75) is 50.4 Å². The molecule has 2 saturated heterocycles. The van der Waals surface area contributed by atoms with Crippen LogP contribution in [0.15, 0.2) is 85.2 Å². The van der Waals surface area contributed by atoms with Gasteiger partial charge < -0.3 is 10.2 Å². The molecule has 4 heterocycles. The monoisotopic (exact) mass is 554 g/mol. The molecule has 2 atom stereocenters. The molecule has 0 saturated carbocycles. The van der Waals surface area contributed by atoms with E-state index < -0.39 is 0 Å². The molecule has 1 N–H and O–H groups in total. The van der Waals surface area contributed by atoms with E-state index in [1.165, 1.54) is 5.56 Å². The minimum atomic E-state index is 0.416. The van der Waals surface area contributed by atoms with Crippen molar-refractivity contribution in [1.29, 1.82) is 0 Å². The van der Waals surface area contributed by atoms with Crippen molar-refractivity contribution in [3.05, 3.63) is 101 Å². The van der Waals surface area contributed by atoms with Crippen LogP contribution in [0.1, 0.15) is 31.2 Å². The molecular formula is C31H28Cl2N6. The molecule has 6 nitrogen and oxygen atoms in total. The average molecular weight is 556 g/mol. The highest BCUT2D eigenvalue weighted by Crippen LogP contribution is 2.42. The summed E-state index contributed by atoms with van der Waals surface area (Å²) in [5.41, 5.74) is 5.59. The maximum absolute atomic E-state index is 6.67. The van der Waals surface area contributed by atoms with Crippen LogP contribution in [0.3, 0.4) is 0 Å². The van der Waals surface area contributed by atoms with Crippen LogP contribution in [-0.2, 0) is 6.54 Å². The van der Waals surface area contributed by atoms with Crippen LogP contribution in [0.25, 0.3) is 28.0 Å². The summed E-state index contributed by atoms with van der Waals surface area (Å²) in [5.74, 6) is 0.912. The first-order valence-corrected chi connectivity index (χ1v) is 14.2. The van der Waals surface area contributed by atoms with Crippen LogP contribution in [0.5, 0.6) is 0 Å². The van der Waals surface area contributed by atoms with Gasteiger partial charge in [0.15, 0.2) is 11.3 Å². The Kier molecular flexibility index (Phi) is 6.47. The zero-order valence-electron chi connectivity index (χ0n) is 21.3. The molecule has 2 aliphatic rings. The normalized spacial score (nSPS) is 20.6. The third-order valence-electron chi connectivity index (χ3n) is 8.05. The van der Waals surface area contributed by atoms with Gasteiger partial charge in [-0.25, -0.2) is 14.6 Å². The number of hydrogen-bond donors (Lipinski definition) is 1. The van der Waals surface area contributed by atoms with Crippen molar-refractivity contribution in [3.8, 4) is 16.9 Å². The predicted molar refractivity (Wildman–Crippen MR) is 158 cm³/mol. The summed E-state index contributed by atoms with van der Waals surface area (Å²) in [5, 5.41) is 10.2. The molecule has 2 aromatic heterocycles. The lowest BCUT2D eigenvalue weighted by Gasteiger charge is -2.40. The Bertz CT molecular complexity index is 1600. The highest BCUT2D eigenvalue weighted by Gasteiger charge is 2.42. The van der Waals surface area contributed by atoms with Gasteiger partial charge in [0.1, 0.15) is 17.5 Å². The molecule has 2 bridgehead atoms. The van der Waals surface area contributed by atoms with Crippen molar-refractivity contribution in [2.75, 3.05) is 4.90 Å². The SMILES string of the molecule is Clc1ccc(-c2c3ncnc(N4C5CCC4CC(NCc4ccccc4)C5)c3nn2-c2ccccc2Cl)cc1. The molecule has 8 heteroatoms. The van der Waals surface area contributed by atoms with E-state index in [2.05, 4.69) is 40.5 Å². The average Bonchev–Trinajstić information content (AvgIpc) is 3.47. The summed E-state index contributed by atoms with van der Waals surface area (Å²) in [4.78, 5) is 12.1. The van der Waals surface area contributed by atoms with Crippen LogP contribution in [0.4, 0.5) is 5.82 Å². The van der Waals surface area contributed by atoms with Crippen LogP contribution in [-0.4, -0.2) is 37.9 Å². The first-order valence-electron chi connectivity index (χ1n) is 13.5. The lowest BCUT2D eigenvalue weighted by Crippen LogP contribution is -2.49. The van der Waals surface area contributed by atoms with Crippen LogP contribution >= 0.6 is 23.2 Å². The zero-order chi connectivity index (χ0) is 26.3. The Hall–Kier alpha value is -3.45. The Morgan fingerprint density at radius 1 is 0.795 bits per heavy atom. The van der Waals surface area contributed by atoms with Gasteiger partial charge in [0.2, 0.25) is 0 Å². The number of halogens is 2. The van der Waals surface area contributed by atoms with E-state index in [0.717, 1.165) is 66.0 Å². The molecule has 2 aliphatic heterocycles. The van der Waals surface area contributed by atoms with Crippen molar-refractivity contribution in [3.63, 3.8) is 0 Å². The van der Waals surface area contributed by atoms with Gasteiger partial charge in [-0.1, -0.05) is 77.8 Å². The van der Waals surface area contributed by atoms with Gasteiger partial charge in [-0.3, -0.25) is 0 Å². The van der Waals surface area contributed by atoms with E-state index in [0.29, 0.717) is 28.2 Å². The minimum Gasteiger partial charge on any atom is -0.349 e. The molecule has 7 rings (SSSR count). The van der Waals surface area contributed by atoms with Gasteiger partial charge in [-0.05, 0) is 55.5 Å². The van der Waals surface area contributed by atoms with E-state index >= 15 is 0 Å². The molecule has 5 aromatic rings. The zero-order valence-corrected chi connectivity index (χ0v) is 22.9. The van der Waals surface area contributed by atoms with E-state index in [4.69, 9.17) is 38.3 Å². The molecule has 0 radical (unpaired) electrons. The first-order chi connectivity index (χ1) is 19.2. The van der Waals surface area contributed by atoms with Crippen LogP contribution < -0.4 is 10.2 Å². The molecule has 2 fully saturated rings. The second kappa shape index (κ2) is 10.3. The first kappa shape index (κ1) is 24.6. The number of benzene rings is 3. The number of fused-ring (bicyclic) bond motifs is 3. The summed E-state index contributed by atoms with van der Waals surface area (Å²) in [6.07, 6.45) is 6.17. The topological polar surface area (TPSA) is 58.9 Å². The lowest BCUT2D eigenvalue weighted by atomic mass is 9.96. The number of anilines is 1. The van der Waals surface area contributed by atoms with Crippen LogP contribution in [0, 0.1) is 0 Å².